The second-order valence-electron chi connectivity index (χ2n) is 7.94. The van der Waals surface area contributed by atoms with Crippen LogP contribution in [0.25, 0.3) is 0 Å². The molecule has 4 aromatic rings. The van der Waals surface area contributed by atoms with E-state index in [1.54, 1.807) is 16.8 Å². The van der Waals surface area contributed by atoms with Crippen LogP contribution < -0.4 is 10.6 Å². The summed E-state index contributed by atoms with van der Waals surface area (Å²) >= 11 is 17.7. The van der Waals surface area contributed by atoms with Crippen molar-refractivity contribution in [3.63, 3.8) is 0 Å². The third kappa shape index (κ3) is 5.41. The highest BCUT2D eigenvalue weighted by Crippen LogP contribution is 2.25. The van der Waals surface area contributed by atoms with Crippen molar-refractivity contribution in [1.29, 1.82) is 0 Å². The summed E-state index contributed by atoms with van der Waals surface area (Å²) in [4.78, 5) is 0. The minimum atomic E-state index is -0.365. The van der Waals surface area contributed by atoms with Crippen LogP contribution in [-0.2, 0) is 13.1 Å². The van der Waals surface area contributed by atoms with Crippen LogP contribution in [0.5, 0.6) is 0 Å². The van der Waals surface area contributed by atoms with Gasteiger partial charge in [-0.15, -0.1) is 0 Å². The van der Waals surface area contributed by atoms with E-state index in [9.17, 15) is 4.39 Å². The monoisotopic (exact) mass is 516 g/mol. The van der Waals surface area contributed by atoms with E-state index in [1.165, 1.54) is 6.07 Å². The molecule has 0 spiro atoms. The van der Waals surface area contributed by atoms with Gasteiger partial charge in [-0.25, -0.2) is 4.39 Å². The first kappa shape index (κ1) is 24.2. The molecule has 0 bridgehead atoms. The summed E-state index contributed by atoms with van der Waals surface area (Å²) in [7, 11) is 0. The predicted molar refractivity (Wildman–Crippen MR) is 140 cm³/mol. The molecule has 6 nitrogen and oxygen atoms in total. The molecule has 2 aromatic heterocycles. The van der Waals surface area contributed by atoms with Gasteiger partial charge in [0.1, 0.15) is 5.82 Å². The average molecular weight is 517 g/mol. The van der Waals surface area contributed by atoms with E-state index in [-0.39, 0.29) is 12.4 Å². The molecule has 0 saturated carbocycles. The summed E-state index contributed by atoms with van der Waals surface area (Å²) in [6, 6.07) is 14.2. The second-order valence-corrected chi connectivity index (χ2v) is 9.19. The number of hydrogen-bond acceptors (Lipinski definition) is 3. The molecule has 0 aliphatic rings. The van der Waals surface area contributed by atoms with E-state index < -0.39 is 0 Å². The molecule has 0 fully saturated rings. The number of nitrogens with one attached hydrogen (secondary N) is 2. The van der Waals surface area contributed by atoms with Crippen molar-refractivity contribution in [3.8, 4) is 0 Å². The van der Waals surface area contributed by atoms with Gasteiger partial charge in [0.15, 0.2) is 10.9 Å². The topological polar surface area (TPSA) is 59.7 Å². The highest BCUT2D eigenvalue weighted by molar-refractivity contribution is 7.80. The summed E-state index contributed by atoms with van der Waals surface area (Å²) < 4.78 is 17.8. The van der Waals surface area contributed by atoms with E-state index in [0.717, 1.165) is 28.3 Å². The molecule has 176 valence electrons. The highest BCUT2D eigenvalue weighted by atomic mass is 35.5. The fourth-order valence-corrected chi connectivity index (χ4v) is 4.18. The number of hydrogen-bond donors (Lipinski definition) is 2. The minimum Gasteiger partial charge on any atom is -0.329 e. The molecule has 10 heteroatoms. The SMILES string of the molecule is Cc1nn(Cc2c(F)cccc2Cl)c(C)c1NC(=S)Nc1cc(C)n(Cc2ccc(Cl)cc2)n1. The third-order valence-electron chi connectivity index (χ3n) is 5.46. The summed E-state index contributed by atoms with van der Waals surface area (Å²) in [5.74, 6) is 0.265. The molecule has 0 saturated heterocycles. The molecule has 0 aliphatic carbocycles. The van der Waals surface area contributed by atoms with Crippen LogP contribution in [0, 0.1) is 26.6 Å². The number of nitrogens with zero attached hydrogens (tertiary/aromatic N) is 4. The van der Waals surface area contributed by atoms with Gasteiger partial charge in [-0.1, -0.05) is 41.4 Å². The quantitative estimate of drug-likeness (QED) is 0.292. The maximum absolute atomic E-state index is 14.2. The lowest BCUT2D eigenvalue weighted by molar-refractivity contribution is 0.579. The van der Waals surface area contributed by atoms with E-state index in [4.69, 9.17) is 35.4 Å². The van der Waals surface area contributed by atoms with Crippen molar-refractivity contribution in [2.75, 3.05) is 10.6 Å². The van der Waals surface area contributed by atoms with E-state index in [1.807, 2.05) is 55.8 Å². The molecule has 2 aromatic carbocycles. The van der Waals surface area contributed by atoms with E-state index in [0.29, 0.717) is 33.1 Å². The second kappa shape index (κ2) is 10.1. The number of anilines is 2. The molecule has 0 aliphatic heterocycles. The van der Waals surface area contributed by atoms with E-state index >= 15 is 0 Å². The average Bonchev–Trinajstić information content (AvgIpc) is 3.25. The van der Waals surface area contributed by atoms with Crippen molar-refractivity contribution in [3.05, 3.63) is 92.6 Å². The first-order valence-electron chi connectivity index (χ1n) is 10.5. The Labute approximate surface area is 212 Å². The van der Waals surface area contributed by atoms with Crippen molar-refractivity contribution in [1.82, 2.24) is 19.6 Å². The van der Waals surface area contributed by atoms with Crippen LogP contribution in [0.1, 0.15) is 28.2 Å². The van der Waals surface area contributed by atoms with Gasteiger partial charge in [-0.05, 0) is 62.8 Å². The van der Waals surface area contributed by atoms with Gasteiger partial charge in [0, 0.05) is 27.4 Å². The zero-order chi connectivity index (χ0) is 24.4. The van der Waals surface area contributed by atoms with Crippen LogP contribution in [0.15, 0.2) is 48.5 Å². The molecule has 34 heavy (non-hydrogen) atoms. The number of aromatic nitrogens is 4. The first-order valence-corrected chi connectivity index (χ1v) is 11.7. The lowest BCUT2D eigenvalue weighted by atomic mass is 10.2. The van der Waals surface area contributed by atoms with Crippen LogP contribution in [0.2, 0.25) is 10.0 Å². The van der Waals surface area contributed by atoms with Gasteiger partial charge in [-0.3, -0.25) is 9.36 Å². The fraction of sp³-hybridized carbons (Fsp3) is 0.208. The third-order valence-corrected chi connectivity index (χ3v) is 6.27. The Morgan fingerprint density at radius 1 is 0.971 bits per heavy atom. The van der Waals surface area contributed by atoms with Crippen LogP contribution in [-0.4, -0.2) is 24.7 Å². The Morgan fingerprint density at radius 2 is 1.71 bits per heavy atom. The first-order chi connectivity index (χ1) is 16.2. The summed E-state index contributed by atoms with van der Waals surface area (Å²) in [5, 5.41) is 16.9. The molecule has 2 N–H and O–H groups in total. The zero-order valence-corrected chi connectivity index (χ0v) is 21.2. The van der Waals surface area contributed by atoms with Gasteiger partial charge < -0.3 is 10.6 Å². The Balaban J connectivity index is 1.45. The Morgan fingerprint density at radius 3 is 2.41 bits per heavy atom. The van der Waals surface area contributed by atoms with Gasteiger partial charge in [0.2, 0.25) is 0 Å². The van der Waals surface area contributed by atoms with Gasteiger partial charge >= 0.3 is 0 Å². The number of rotatable bonds is 6. The molecule has 0 amide bonds. The Hall–Kier alpha value is -2.94. The largest absolute Gasteiger partial charge is 0.329 e. The van der Waals surface area contributed by atoms with Crippen LogP contribution in [0.3, 0.4) is 0 Å². The molecular formula is C24H23Cl2FN6S. The molecular weight excluding hydrogens is 494 g/mol. The summed E-state index contributed by atoms with van der Waals surface area (Å²) in [5.41, 5.74) is 4.77. The Kier molecular flexibility index (Phi) is 7.21. The van der Waals surface area contributed by atoms with Gasteiger partial charge in [-0.2, -0.15) is 10.2 Å². The fourth-order valence-electron chi connectivity index (χ4n) is 3.62. The maximum atomic E-state index is 14.2. The molecule has 4 rings (SSSR count). The van der Waals surface area contributed by atoms with Gasteiger partial charge in [0.25, 0.3) is 0 Å². The van der Waals surface area contributed by atoms with Crippen LogP contribution in [0.4, 0.5) is 15.9 Å². The number of aryl methyl sites for hydroxylation is 2. The molecule has 0 atom stereocenters. The van der Waals surface area contributed by atoms with Crippen molar-refractivity contribution >= 4 is 52.0 Å². The van der Waals surface area contributed by atoms with Crippen molar-refractivity contribution < 1.29 is 4.39 Å². The summed E-state index contributed by atoms with van der Waals surface area (Å²) in [6.07, 6.45) is 0. The van der Waals surface area contributed by atoms with Crippen molar-refractivity contribution in [2.24, 2.45) is 0 Å². The lowest BCUT2D eigenvalue weighted by Gasteiger charge is -2.11. The number of halogens is 3. The van der Waals surface area contributed by atoms with Crippen LogP contribution >= 0.6 is 35.4 Å². The molecule has 0 radical (unpaired) electrons. The summed E-state index contributed by atoms with van der Waals surface area (Å²) in [6.45, 7) is 6.58. The molecule has 0 unspecified atom stereocenters. The van der Waals surface area contributed by atoms with Gasteiger partial charge in [0.05, 0.1) is 30.2 Å². The minimum absolute atomic E-state index is 0.217. The standard InChI is InChI=1S/C24H23Cl2FN6S/c1-14-11-22(31-32(14)12-17-7-9-18(25)10-8-17)28-24(34)29-23-15(2)30-33(16(23)3)13-19-20(26)5-4-6-21(19)27/h4-11H,12-13H2,1-3H3,(H2,28,29,31,34). The maximum Gasteiger partial charge on any atom is 0.176 e. The normalized spacial score (nSPS) is 11.0. The predicted octanol–water partition coefficient (Wildman–Crippen LogP) is 6.36. The lowest BCUT2D eigenvalue weighted by Crippen LogP contribution is -2.20. The van der Waals surface area contributed by atoms with E-state index in [2.05, 4.69) is 20.8 Å². The van der Waals surface area contributed by atoms with Crippen molar-refractivity contribution in [2.45, 2.75) is 33.9 Å². The molecule has 2 heterocycles. The Bertz CT molecular complexity index is 1330. The smallest absolute Gasteiger partial charge is 0.176 e. The zero-order valence-electron chi connectivity index (χ0n) is 18.9. The highest BCUT2D eigenvalue weighted by Gasteiger charge is 2.16. The number of thiocarbonyl (C=S) groups is 1. The number of benzene rings is 2.